The van der Waals surface area contributed by atoms with Gasteiger partial charge in [-0.25, -0.2) is 8.42 Å². The Morgan fingerprint density at radius 2 is 1.91 bits per heavy atom. The maximum atomic E-state index is 12.4. The van der Waals surface area contributed by atoms with Crippen molar-refractivity contribution < 1.29 is 22.7 Å². The Balaban J connectivity index is 3.03. The van der Waals surface area contributed by atoms with E-state index in [1.54, 1.807) is 20.8 Å². The first-order valence-electron chi connectivity index (χ1n) is 6.65. The summed E-state index contributed by atoms with van der Waals surface area (Å²) in [4.78, 5) is 11.6. The molecule has 130 valence electrons. The van der Waals surface area contributed by atoms with E-state index in [9.17, 15) is 13.2 Å². The van der Waals surface area contributed by atoms with Crippen LogP contribution in [0.2, 0.25) is 10.0 Å². The smallest absolute Gasteiger partial charge is 0.326 e. The minimum atomic E-state index is -4.05. The molecule has 1 atom stereocenters. The van der Waals surface area contributed by atoms with Gasteiger partial charge >= 0.3 is 5.97 Å². The lowest BCUT2D eigenvalue weighted by Crippen LogP contribution is -2.46. The van der Waals surface area contributed by atoms with E-state index >= 15 is 0 Å². The maximum absolute atomic E-state index is 12.4. The first-order chi connectivity index (χ1) is 10.5. The van der Waals surface area contributed by atoms with Gasteiger partial charge in [0.2, 0.25) is 10.0 Å². The van der Waals surface area contributed by atoms with Crippen LogP contribution in [0.15, 0.2) is 23.1 Å². The summed E-state index contributed by atoms with van der Waals surface area (Å²) in [5.41, 5.74) is -0.546. The predicted octanol–water partition coefficient (Wildman–Crippen LogP) is 2.63. The number of nitrogens with one attached hydrogen (secondary N) is 1. The average Bonchev–Trinajstić information content (AvgIpc) is 2.41. The molecule has 1 N–H and O–H groups in total. The van der Waals surface area contributed by atoms with Crippen molar-refractivity contribution in [3.8, 4) is 0 Å². The quantitative estimate of drug-likeness (QED) is 0.763. The number of rotatable bonds is 6. The lowest BCUT2D eigenvalue weighted by Gasteiger charge is -2.24. The van der Waals surface area contributed by atoms with Gasteiger partial charge in [-0.15, -0.1) is 0 Å². The van der Waals surface area contributed by atoms with Gasteiger partial charge in [-0.2, -0.15) is 4.72 Å². The zero-order valence-electron chi connectivity index (χ0n) is 13.2. The number of hydrogen-bond acceptors (Lipinski definition) is 5. The van der Waals surface area contributed by atoms with Gasteiger partial charge in [0.1, 0.15) is 10.9 Å². The van der Waals surface area contributed by atoms with E-state index in [-0.39, 0.29) is 16.5 Å². The Kier molecular flexibility index (Phi) is 6.85. The van der Waals surface area contributed by atoms with Crippen molar-refractivity contribution in [3.63, 3.8) is 0 Å². The number of benzene rings is 1. The van der Waals surface area contributed by atoms with Crippen LogP contribution in [0.4, 0.5) is 0 Å². The van der Waals surface area contributed by atoms with E-state index in [4.69, 9.17) is 27.9 Å². The zero-order valence-corrected chi connectivity index (χ0v) is 15.6. The van der Waals surface area contributed by atoms with E-state index in [0.717, 1.165) is 7.11 Å². The highest BCUT2D eigenvalue weighted by Crippen LogP contribution is 2.25. The minimum Gasteiger partial charge on any atom is -0.468 e. The van der Waals surface area contributed by atoms with E-state index in [0.29, 0.717) is 5.02 Å². The number of carbonyl (C=O) groups is 1. The molecule has 1 aromatic rings. The number of methoxy groups -OCH3 is 1. The molecule has 1 unspecified atom stereocenters. The van der Waals surface area contributed by atoms with Crippen molar-refractivity contribution in [2.75, 3.05) is 13.7 Å². The van der Waals surface area contributed by atoms with Crippen LogP contribution in [-0.2, 0) is 24.3 Å². The van der Waals surface area contributed by atoms with E-state index in [2.05, 4.69) is 9.46 Å². The highest BCUT2D eigenvalue weighted by molar-refractivity contribution is 7.89. The second kappa shape index (κ2) is 7.81. The van der Waals surface area contributed by atoms with Gasteiger partial charge < -0.3 is 9.47 Å². The SMILES string of the molecule is COC(=O)C(COC(C)(C)C)NS(=O)(=O)c1ccc(Cl)cc1Cl. The second-order valence-corrected chi connectivity index (χ2v) is 8.22. The molecule has 0 saturated carbocycles. The van der Waals surface area contributed by atoms with Gasteiger partial charge in [-0.05, 0) is 39.0 Å². The van der Waals surface area contributed by atoms with Crippen molar-refractivity contribution >= 4 is 39.2 Å². The van der Waals surface area contributed by atoms with E-state index in [1.807, 2.05) is 0 Å². The maximum Gasteiger partial charge on any atom is 0.326 e. The van der Waals surface area contributed by atoms with Gasteiger partial charge in [-0.1, -0.05) is 23.2 Å². The molecule has 0 fully saturated rings. The lowest BCUT2D eigenvalue weighted by atomic mass is 10.2. The Labute approximate surface area is 146 Å². The molecule has 0 aliphatic rings. The van der Waals surface area contributed by atoms with Crippen molar-refractivity contribution in [2.24, 2.45) is 0 Å². The summed E-state index contributed by atoms with van der Waals surface area (Å²) in [6.45, 7) is 5.17. The topological polar surface area (TPSA) is 81.7 Å². The molecule has 0 saturated heterocycles. The Morgan fingerprint density at radius 3 is 2.39 bits per heavy atom. The summed E-state index contributed by atoms with van der Waals surface area (Å²) in [5, 5.41) is 0.250. The van der Waals surface area contributed by atoms with Crippen molar-refractivity contribution in [3.05, 3.63) is 28.2 Å². The molecule has 1 aromatic carbocycles. The predicted molar refractivity (Wildman–Crippen MR) is 88.3 cm³/mol. The molecule has 0 aromatic heterocycles. The molecule has 0 spiro atoms. The number of halogens is 2. The minimum absolute atomic E-state index is 0.0506. The number of sulfonamides is 1. The third-order valence-corrected chi connectivity index (χ3v) is 4.84. The van der Waals surface area contributed by atoms with Crippen LogP contribution in [0.3, 0.4) is 0 Å². The van der Waals surface area contributed by atoms with E-state index < -0.39 is 27.6 Å². The summed E-state index contributed by atoms with van der Waals surface area (Å²) in [7, 11) is -2.89. The van der Waals surface area contributed by atoms with Gasteiger partial charge in [0.05, 0.1) is 24.3 Å². The Morgan fingerprint density at radius 1 is 1.30 bits per heavy atom. The average molecular weight is 384 g/mol. The number of ether oxygens (including phenoxy) is 2. The Hall–Kier alpha value is -0.860. The molecule has 0 bridgehead atoms. The molecule has 0 radical (unpaired) electrons. The summed E-state index contributed by atoms with van der Waals surface area (Å²) in [6.07, 6.45) is 0. The molecular formula is C14H19Cl2NO5S. The standard InChI is InChI=1S/C14H19Cl2NO5S/c1-14(2,3)22-8-11(13(18)21-4)17-23(19,20)12-6-5-9(15)7-10(12)16/h5-7,11,17H,8H2,1-4H3. The fourth-order valence-electron chi connectivity index (χ4n) is 1.57. The van der Waals surface area contributed by atoms with Gasteiger partial charge in [-0.3, -0.25) is 4.79 Å². The van der Waals surface area contributed by atoms with Crippen LogP contribution in [0.25, 0.3) is 0 Å². The number of carbonyl (C=O) groups excluding carboxylic acids is 1. The summed E-state index contributed by atoms with van der Waals surface area (Å²) < 4.78 is 37.1. The van der Waals surface area contributed by atoms with Gasteiger partial charge in [0.25, 0.3) is 0 Å². The number of esters is 1. The van der Waals surface area contributed by atoms with Crippen LogP contribution >= 0.6 is 23.2 Å². The largest absolute Gasteiger partial charge is 0.468 e. The first kappa shape index (κ1) is 20.2. The van der Waals surface area contributed by atoms with Crippen LogP contribution in [-0.4, -0.2) is 39.7 Å². The van der Waals surface area contributed by atoms with E-state index in [1.165, 1.54) is 18.2 Å². The molecule has 6 nitrogen and oxygen atoms in total. The molecule has 9 heteroatoms. The highest BCUT2D eigenvalue weighted by atomic mass is 35.5. The molecule has 0 aliphatic carbocycles. The third kappa shape index (κ3) is 6.27. The molecule has 0 amide bonds. The fourth-order valence-corrected chi connectivity index (χ4v) is 3.51. The normalized spacial score (nSPS) is 13.7. The van der Waals surface area contributed by atoms with Crippen molar-refractivity contribution in [1.82, 2.24) is 4.72 Å². The number of hydrogen-bond donors (Lipinski definition) is 1. The van der Waals surface area contributed by atoms with Crippen LogP contribution < -0.4 is 4.72 Å². The zero-order chi connectivity index (χ0) is 17.8. The monoisotopic (exact) mass is 383 g/mol. The fraction of sp³-hybridized carbons (Fsp3) is 0.500. The highest BCUT2D eigenvalue weighted by Gasteiger charge is 2.29. The lowest BCUT2D eigenvalue weighted by molar-refractivity contribution is -0.145. The molecule has 1 rings (SSSR count). The van der Waals surface area contributed by atoms with Gasteiger partial charge in [0.15, 0.2) is 0 Å². The summed E-state index contributed by atoms with van der Waals surface area (Å²) >= 11 is 11.7. The van der Waals surface area contributed by atoms with Crippen LogP contribution in [0, 0.1) is 0 Å². The van der Waals surface area contributed by atoms with Crippen LogP contribution in [0.1, 0.15) is 20.8 Å². The van der Waals surface area contributed by atoms with Crippen molar-refractivity contribution in [1.29, 1.82) is 0 Å². The first-order valence-corrected chi connectivity index (χ1v) is 8.89. The molecule has 23 heavy (non-hydrogen) atoms. The molecular weight excluding hydrogens is 365 g/mol. The van der Waals surface area contributed by atoms with Gasteiger partial charge in [0, 0.05) is 5.02 Å². The third-order valence-electron chi connectivity index (χ3n) is 2.65. The summed E-state index contributed by atoms with van der Waals surface area (Å²) in [5.74, 6) is -0.761. The summed E-state index contributed by atoms with van der Waals surface area (Å²) in [6, 6.07) is 2.75. The van der Waals surface area contributed by atoms with Crippen molar-refractivity contribution in [2.45, 2.75) is 37.3 Å². The second-order valence-electron chi connectivity index (χ2n) is 5.70. The Bertz CT molecular complexity index is 670. The van der Waals surface area contributed by atoms with Crippen LogP contribution in [0.5, 0.6) is 0 Å². The molecule has 0 heterocycles. The molecule has 0 aliphatic heterocycles.